The molecule has 0 radical (unpaired) electrons. The molecule has 0 saturated carbocycles. The molecule has 20 heavy (non-hydrogen) atoms. The number of carboxylic acid groups (broad SMARTS) is 1. The van der Waals surface area contributed by atoms with Crippen molar-refractivity contribution in [1.29, 1.82) is 0 Å². The van der Waals surface area contributed by atoms with Gasteiger partial charge < -0.3 is 9.84 Å². The van der Waals surface area contributed by atoms with Gasteiger partial charge in [0.05, 0.1) is 13.2 Å². The van der Waals surface area contributed by atoms with Crippen molar-refractivity contribution in [2.24, 2.45) is 0 Å². The Hall–Kier alpha value is -1.39. The lowest BCUT2D eigenvalue weighted by atomic mass is 9.98. The first kappa shape index (κ1) is 15.0. The molecule has 4 heteroatoms. The zero-order chi connectivity index (χ0) is 14.7. The molecule has 0 amide bonds. The third kappa shape index (κ3) is 3.19. The smallest absolute Gasteiger partial charge is 0.323 e. The largest absolute Gasteiger partial charge is 0.480 e. The molecule has 4 nitrogen and oxygen atoms in total. The molecule has 2 rings (SSSR count). The van der Waals surface area contributed by atoms with Gasteiger partial charge in [-0.2, -0.15) is 0 Å². The zero-order valence-electron chi connectivity index (χ0n) is 12.4. The van der Waals surface area contributed by atoms with Crippen molar-refractivity contribution < 1.29 is 14.6 Å². The number of benzene rings is 1. The first-order valence-electron chi connectivity index (χ1n) is 7.17. The lowest BCUT2D eigenvalue weighted by molar-refractivity contribution is -0.151. The summed E-state index contributed by atoms with van der Waals surface area (Å²) < 4.78 is 5.29. The van der Waals surface area contributed by atoms with Crippen LogP contribution in [0.2, 0.25) is 0 Å². The van der Waals surface area contributed by atoms with Crippen molar-refractivity contribution in [3.05, 3.63) is 35.4 Å². The molecule has 2 unspecified atom stereocenters. The van der Waals surface area contributed by atoms with Crippen molar-refractivity contribution in [2.75, 3.05) is 19.8 Å². The van der Waals surface area contributed by atoms with Crippen LogP contribution in [0, 0.1) is 0 Å². The first-order chi connectivity index (χ1) is 9.50. The van der Waals surface area contributed by atoms with Crippen LogP contribution in [-0.4, -0.2) is 41.8 Å². The van der Waals surface area contributed by atoms with Crippen molar-refractivity contribution in [2.45, 2.75) is 38.8 Å². The van der Waals surface area contributed by atoms with Crippen LogP contribution in [0.1, 0.15) is 43.9 Å². The Kier molecular flexibility index (Phi) is 4.78. The molecular weight excluding hydrogens is 254 g/mol. The molecule has 2 atom stereocenters. The Morgan fingerprint density at radius 3 is 2.40 bits per heavy atom. The number of hydrogen-bond acceptors (Lipinski definition) is 3. The molecule has 1 aliphatic rings. The average molecular weight is 277 g/mol. The number of rotatable bonds is 4. The van der Waals surface area contributed by atoms with Gasteiger partial charge in [-0.25, -0.2) is 0 Å². The van der Waals surface area contributed by atoms with Crippen LogP contribution < -0.4 is 0 Å². The van der Waals surface area contributed by atoms with Gasteiger partial charge in [0.25, 0.3) is 0 Å². The molecule has 1 N–H and O–H groups in total. The fourth-order valence-corrected chi connectivity index (χ4v) is 2.64. The van der Waals surface area contributed by atoms with E-state index in [2.05, 4.69) is 45.0 Å². The molecule has 0 aliphatic carbocycles. The molecule has 1 fully saturated rings. The Balaban J connectivity index is 2.16. The summed E-state index contributed by atoms with van der Waals surface area (Å²) >= 11 is 0. The fourth-order valence-electron chi connectivity index (χ4n) is 2.64. The van der Waals surface area contributed by atoms with Gasteiger partial charge >= 0.3 is 5.97 Å². The summed E-state index contributed by atoms with van der Waals surface area (Å²) in [6.07, 6.45) is 0. The van der Waals surface area contributed by atoms with E-state index in [1.54, 1.807) is 0 Å². The highest BCUT2D eigenvalue weighted by atomic mass is 16.5. The Bertz CT molecular complexity index is 455. The number of ether oxygens (including phenoxy) is 1. The van der Waals surface area contributed by atoms with Gasteiger partial charge in [-0.15, -0.1) is 0 Å². The van der Waals surface area contributed by atoms with Crippen LogP contribution in [0.3, 0.4) is 0 Å². The molecule has 1 saturated heterocycles. The number of carbonyl (C=O) groups is 1. The molecule has 1 heterocycles. The van der Waals surface area contributed by atoms with Gasteiger partial charge in [0, 0.05) is 12.6 Å². The minimum absolute atomic E-state index is 0.0845. The van der Waals surface area contributed by atoms with Gasteiger partial charge in [0.2, 0.25) is 0 Å². The highest BCUT2D eigenvalue weighted by Crippen LogP contribution is 2.26. The minimum Gasteiger partial charge on any atom is -0.480 e. The van der Waals surface area contributed by atoms with Gasteiger partial charge in [-0.1, -0.05) is 38.1 Å². The molecule has 1 aliphatic heterocycles. The molecule has 1 aromatic carbocycles. The van der Waals surface area contributed by atoms with Crippen molar-refractivity contribution in [3.8, 4) is 0 Å². The lowest BCUT2D eigenvalue weighted by Crippen LogP contribution is -2.50. The lowest BCUT2D eigenvalue weighted by Gasteiger charge is -2.37. The second-order valence-corrected chi connectivity index (χ2v) is 5.66. The summed E-state index contributed by atoms with van der Waals surface area (Å²) in [4.78, 5) is 13.3. The van der Waals surface area contributed by atoms with Gasteiger partial charge in [-0.3, -0.25) is 9.69 Å². The second kappa shape index (κ2) is 6.37. The van der Waals surface area contributed by atoms with Gasteiger partial charge in [-0.05, 0) is 24.0 Å². The maximum Gasteiger partial charge on any atom is 0.323 e. The molecule has 0 spiro atoms. The molecule has 110 valence electrons. The van der Waals surface area contributed by atoms with Crippen LogP contribution in [-0.2, 0) is 9.53 Å². The highest BCUT2D eigenvalue weighted by Gasteiger charge is 2.32. The summed E-state index contributed by atoms with van der Waals surface area (Å²) in [5, 5.41) is 9.30. The third-order valence-electron chi connectivity index (χ3n) is 4.04. The van der Waals surface area contributed by atoms with E-state index in [4.69, 9.17) is 4.74 Å². The van der Waals surface area contributed by atoms with E-state index >= 15 is 0 Å². The number of nitrogens with zero attached hydrogens (tertiary/aromatic N) is 1. The van der Waals surface area contributed by atoms with E-state index in [1.807, 2.05) is 4.90 Å². The summed E-state index contributed by atoms with van der Waals surface area (Å²) in [7, 11) is 0. The van der Waals surface area contributed by atoms with Gasteiger partial charge in [0.15, 0.2) is 0 Å². The molecule has 1 aromatic rings. The monoisotopic (exact) mass is 277 g/mol. The summed E-state index contributed by atoms with van der Waals surface area (Å²) in [5.74, 6) is -0.301. The van der Waals surface area contributed by atoms with E-state index < -0.39 is 12.0 Å². The number of morpholine rings is 1. The number of hydrogen-bond donors (Lipinski definition) is 1. The topological polar surface area (TPSA) is 49.8 Å². The SMILES string of the molecule is CC(C)c1ccc(C(C)N2CCOCC2C(=O)O)cc1. The quantitative estimate of drug-likeness (QED) is 0.919. The van der Waals surface area contributed by atoms with E-state index in [0.717, 1.165) is 5.56 Å². The van der Waals surface area contributed by atoms with Crippen LogP contribution in [0.15, 0.2) is 24.3 Å². The summed E-state index contributed by atoms with van der Waals surface area (Å²) in [6, 6.07) is 8.01. The van der Waals surface area contributed by atoms with Crippen molar-refractivity contribution >= 4 is 5.97 Å². The molecular formula is C16H23NO3. The van der Waals surface area contributed by atoms with Crippen molar-refractivity contribution in [3.63, 3.8) is 0 Å². The Labute approximate surface area is 120 Å². The van der Waals surface area contributed by atoms with E-state index in [9.17, 15) is 9.90 Å². The predicted octanol–water partition coefficient (Wildman–Crippen LogP) is 2.66. The van der Waals surface area contributed by atoms with Crippen LogP contribution in [0.4, 0.5) is 0 Å². The number of aliphatic carboxylic acids is 1. The fraction of sp³-hybridized carbons (Fsp3) is 0.562. The van der Waals surface area contributed by atoms with E-state index in [-0.39, 0.29) is 12.6 Å². The zero-order valence-corrected chi connectivity index (χ0v) is 12.4. The third-order valence-corrected chi connectivity index (χ3v) is 4.04. The van der Waals surface area contributed by atoms with Gasteiger partial charge in [0.1, 0.15) is 6.04 Å². The van der Waals surface area contributed by atoms with Crippen LogP contribution in [0.5, 0.6) is 0 Å². The van der Waals surface area contributed by atoms with Crippen LogP contribution in [0.25, 0.3) is 0 Å². The molecule has 0 aromatic heterocycles. The Morgan fingerprint density at radius 2 is 1.85 bits per heavy atom. The van der Waals surface area contributed by atoms with E-state index in [0.29, 0.717) is 19.1 Å². The molecule has 0 bridgehead atoms. The van der Waals surface area contributed by atoms with Crippen molar-refractivity contribution in [1.82, 2.24) is 4.90 Å². The summed E-state index contributed by atoms with van der Waals surface area (Å²) in [6.45, 7) is 7.92. The minimum atomic E-state index is -0.810. The summed E-state index contributed by atoms with van der Waals surface area (Å²) in [5.41, 5.74) is 2.46. The Morgan fingerprint density at radius 1 is 1.25 bits per heavy atom. The second-order valence-electron chi connectivity index (χ2n) is 5.66. The maximum atomic E-state index is 11.3. The normalized spacial score (nSPS) is 21.9. The standard InChI is InChI=1S/C16H23NO3/c1-11(2)13-4-6-14(7-5-13)12(3)17-8-9-20-10-15(17)16(18)19/h4-7,11-12,15H,8-10H2,1-3H3,(H,18,19). The van der Waals surface area contributed by atoms with Crippen LogP contribution >= 0.6 is 0 Å². The number of carboxylic acids is 1. The predicted molar refractivity (Wildman–Crippen MR) is 77.9 cm³/mol. The highest BCUT2D eigenvalue weighted by molar-refractivity contribution is 5.73. The maximum absolute atomic E-state index is 11.3. The van der Waals surface area contributed by atoms with E-state index in [1.165, 1.54) is 5.56 Å². The first-order valence-corrected chi connectivity index (χ1v) is 7.17. The average Bonchev–Trinajstić information content (AvgIpc) is 2.46.